The summed E-state index contributed by atoms with van der Waals surface area (Å²) in [7, 11) is 0. The normalized spacial score (nSPS) is 23.7. The lowest BCUT2D eigenvalue weighted by molar-refractivity contribution is -0.935. The van der Waals surface area contributed by atoms with E-state index < -0.39 is 0 Å². The molecule has 5 heteroatoms. The van der Waals surface area contributed by atoms with E-state index in [-0.39, 0.29) is 5.63 Å². The molecule has 23 heavy (non-hydrogen) atoms. The fourth-order valence-corrected chi connectivity index (χ4v) is 3.66. The fourth-order valence-electron chi connectivity index (χ4n) is 3.66. The highest BCUT2D eigenvalue weighted by molar-refractivity contribution is 5.85. The van der Waals surface area contributed by atoms with Crippen LogP contribution in [0, 0.1) is 0 Å². The predicted molar refractivity (Wildman–Crippen MR) is 85.9 cm³/mol. The molecule has 0 bridgehead atoms. The Morgan fingerprint density at radius 2 is 2.26 bits per heavy atom. The van der Waals surface area contributed by atoms with Gasteiger partial charge in [-0.05, 0) is 37.0 Å². The topological polar surface area (TPSA) is 53.1 Å². The molecule has 2 aliphatic rings. The van der Waals surface area contributed by atoms with E-state index in [2.05, 4.69) is 6.92 Å². The molecule has 1 aromatic carbocycles. The molecular formula is C18H22NO4+. The van der Waals surface area contributed by atoms with E-state index in [0.717, 1.165) is 61.2 Å². The van der Waals surface area contributed by atoms with Crippen molar-refractivity contribution in [3.8, 4) is 5.75 Å². The maximum Gasteiger partial charge on any atom is 0.336 e. The van der Waals surface area contributed by atoms with Crippen molar-refractivity contribution in [1.29, 1.82) is 0 Å². The van der Waals surface area contributed by atoms with Crippen molar-refractivity contribution < 1.29 is 18.8 Å². The lowest BCUT2D eigenvalue weighted by atomic mass is 10.0. The molecule has 3 heterocycles. The van der Waals surface area contributed by atoms with Crippen LogP contribution in [0.5, 0.6) is 5.75 Å². The summed E-state index contributed by atoms with van der Waals surface area (Å²) in [6, 6.07) is 5.59. The van der Waals surface area contributed by atoms with Gasteiger partial charge in [-0.2, -0.15) is 0 Å². The molecule has 1 saturated heterocycles. The van der Waals surface area contributed by atoms with Crippen molar-refractivity contribution in [3.05, 3.63) is 39.7 Å². The van der Waals surface area contributed by atoms with Crippen LogP contribution in [0.3, 0.4) is 0 Å². The van der Waals surface area contributed by atoms with E-state index in [9.17, 15) is 4.79 Å². The fraction of sp³-hybridized carbons (Fsp3) is 0.500. The first-order valence-electron chi connectivity index (χ1n) is 8.41. The SMILES string of the molecule is CCc1cc(=O)oc2c3c(ccc12)OC[NH+](C[C@@H]1CCCO1)C3. The van der Waals surface area contributed by atoms with Crippen molar-refractivity contribution >= 4 is 11.0 Å². The molecule has 2 aliphatic heterocycles. The van der Waals surface area contributed by atoms with Gasteiger partial charge in [0.25, 0.3) is 0 Å². The third kappa shape index (κ3) is 2.75. The van der Waals surface area contributed by atoms with Crippen LogP contribution in [0.4, 0.5) is 0 Å². The first kappa shape index (κ1) is 14.7. The maximum atomic E-state index is 11.9. The molecule has 0 aliphatic carbocycles. The van der Waals surface area contributed by atoms with Gasteiger partial charge in [-0.25, -0.2) is 4.79 Å². The van der Waals surface area contributed by atoms with Crippen LogP contribution in [-0.2, 0) is 17.7 Å². The van der Waals surface area contributed by atoms with Crippen LogP contribution >= 0.6 is 0 Å². The van der Waals surface area contributed by atoms with Crippen molar-refractivity contribution in [1.82, 2.24) is 0 Å². The smallest absolute Gasteiger partial charge is 0.336 e. The molecule has 5 nitrogen and oxygen atoms in total. The molecular weight excluding hydrogens is 294 g/mol. The predicted octanol–water partition coefficient (Wildman–Crippen LogP) is 1.27. The Kier molecular flexibility index (Phi) is 3.83. The summed E-state index contributed by atoms with van der Waals surface area (Å²) in [5.41, 5.74) is 2.45. The van der Waals surface area contributed by atoms with Crippen LogP contribution in [0.15, 0.2) is 27.4 Å². The van der Waals surface area contributed by atoms with Gasteiger partial charge in [-0.1, -0.05) is 6.92 Å². The van der Waals surface area contributed by atoms with Gasteiger partial charge in [0.15, 0.2) is 5.58 Å². The molecule has 0 spiro atoms. The quantitative estimate of drug-likeness (QED) is 0.867. The Hall–Kier alpha value is -1.85. The zero-order valence-electron chi connectivity index (χ0n) is 13.4. The third-order valence-electron chi connectivity index (χ3n) is 4.84. The van der Waals surface area contributed by atoms with Gasteiger partial charge in [0.2, 0.25) is 6.73 Å². The molecule has 1 unspecified atom stereocenters. The van der Waals surface area contributed by atoms with Crippen molar-refractivity contribution in [2.45, 2.75) is 38.8 Å². The Morgan fingerprint density at radius 3 is 3.04 bits per heavy atom. The average molecular weight is 316 g/mol. The lowest BCUT2D eigenvalue weighted by Crippen LogP contribution is -3.13. The van der Waals surface area contributed by atoms with Crippen molar-refractivity contribution in [2.24, 2.45) is 0 Å². The molecule has 1 aromatic heterocycles. The minimum Gasteiger partial charge on any atom is -0.445 e. The Morgan fingerprint density at radius 1 is 1.35 bits per heavy atom. The number of hydrogen-bond donors (Lipinski definition) is 1. The van der Waals surface area contributed by atoms with Crippen LogP contribution < -0.4 is 15.3 Å². The number of quaternary nitrogens is 1. The molecule has 0 saturated carbocycles. The van der Waals surface area contributed by atoms with E-state index in [1.807, 2.05) is 12.1 Å². The molecule has 1 N–H and O–H groups in total. The number of aryl methyl sites for hydroxylation is 1. The summed E-state index contributed by atoms with van der Waals surface area (Å²) in [6.07, 6.45) is 3.41. The highest BCUT2D eigenvalue weighted by Crippen LogP contribution is 2.30. The molecule has 2 atom stereocenters. The van der Waals surface area contributed by atoms with Gasteiger partial charge in [-0.15, -0.1) is 0 Å². The summed E-state index contributed by atoms with van der Waals surface area (Å²) >= 11 is 0. The van der Waals surface area contributed by atoms with Crippen LogP contribution in [0.2, 0.25) is 0 Å². The Labute approximate surface area is 134 Å². The van der Waals surface area contributed by atoms with Crippen molar-refractivity contribution in [2.75, 3.05) is 19.9 Å². The monoisotopic (exact) mass is 316 g/mol. The largest absolute Gasteiger partial charge is 0.445 e. The van der Waals surface area contributed by atoms with E-state index >= 15 is 0 Å². The van der Waals surface area contributed by atoms with Gasteiger partial charge in [0.05, 0.1) is 5.56 Å². The van der Waals surface area contributed by atoms with E-state index in [1.165, 1.54) is 4.90 Å². The van der Waals surface area contributed by atoms with Crippen LogP contribution in [0.1, 0.15) is 30.9 Å². The second-order valence-electron chi connectivity index (χ2n) is 6.42. The van der Waals surface area contributed by atoms with Crippen molar-refractivity contribution in [3.63, 3.8) is 0 Å². The summed E-state index contributed by atoms with van der Waals surface area (Å²) in [4.78, 5) is 13.2. The second kappa shape index (κ2) is 5.98. The van der Waals surface area contributed by atoms with Crippen LogP contribution in [0.25, 0.3) is 11.0 Å². The van der Waals surface area contributed by atoms with E-state index in [0.29, 0.717) is 18.4 Å². The summed E-state index contributed by atoms with van der Waals surface area (Å²) in [6.45, 7) is 5.30. The zero-order chi connectivity index (χ0) is 15.8. The Balaban J connectivity index is 1.70. The number of rotatable bonds is 3. The highest BCUT2D eigenvalue weighted by Gasteiger charge is 2.28. The number of ether oxygens (including phenoxy) is 2. The van der Waals surface area contributed by atoms with Gasteiger partial charge in [0.1, 0.15) is 24.9 Å². The number of benzene rings is 1. The molecule has 122 valence electrons. The van der Waals surface area contributed by atoms with Gasteiger partial charge >= 0.3 is 5.63 Å². The minimum atomic E-state index is -0.283. The average Bonchev–Trinajstić information content (AvgIpc) is 3.07. The first-order chi connectivity index (χ1) is 11.2. The molecule has 1 fully saturated rings. The second-order valence-corrected chi connectivity index (χ2v) is 6.42. The molecule has 2 aromatic rings. The summed E-state index contributed by atoms with van der Waals surface area (Å²) < 4.78 is 17.2. The number of hydrogen-bond acceptors (Lipinski definition) is 4. The molecule has 4 rings (SSSR count). The third-order valence-corrected chi connectivity index (χ3v) is 4.84. The summed E-state index contributed by atoms with van der Waals surface area (Å²) in [5, 5.41) is 1.02. The molecule has 0 amide bonds. The van der Waals surface area contributed by atoms with Gasteiger partial charge < -0.3 is 13.9 Å². The maximum absolute atomic E-state index is 11.9. The number of nitrogens with one attached hydrogen (secondary N) is 1. The zero-order valence-corrected chi connectivity index (χ0v) is 13.4. The van der Waals surface area contributed by atoms with E-state index in [1.54, 1.807) is 6.07 Å². The lowest BCUT2D eigenvalue weighted by Gasteiger charge is -2.28. The number of fused-ring (bicyclic) bond motifs is 3. The minimum absolute atomic E-state index is 0.283. The van der Waals surface area contributed by atoms with Crippen LogP contribution in [-0.4, -0.2) is 26.0 Å². The summed E-state index contributed by atoms with van der Waals surface area (Å²) in [5.74, 6) is 0.838. The first-order valence-corrected chi connectivity index (χ1v) is 8.41. The highest BCUT2D eigenvalue weighted by atomic mass is 16.5. The molecule has 0 radical (unpaired) electrons. The Bertz CT molecular complexity index is 776. The van der Waals surface area contributed by atoms with E-state index in [4.69, 9.17) is 13.9 Å². The van der Waals surface area contributed by atoms with Gasteiger partial charge in [-0.3, -0.25) is 4.90 Å². The standard InChI is InChI=1S/C18H21NO4/c1-2-12-8-17(20)23-18-14(12)5-6-16-15(18)10-19(11-22-16)9-13-4-3-7-21-13/h5-6,8,13H,2-4,7,9-11H2,1H3/p+1/t13-/m0/s1. The van der Waals surface area contributed by atoms with Gasteiger partial charge in [0, 0.05) is 18.1 Å².